The van der Waals surface area contributed by atoms with Crippen LogP contribution in [-0.4, -0.2) is 67.9 Å². The van der Waals surface area contributed by atoms with Gasteiger partial charge in [-0.05, 0) is 18.6 Å². The molecule has 2 aliphatic heterocycles. The molecule has 2 aliphatic rings. The van der Waals surface area contributed by atoms with Gasteiger partial charge in [0.15, 0.2) is 9.84 Å². The first-order valence-corrected chi connectivity index (χ1v) is 9.37. The molecule has 0 radical (unpaired) electrons. The summed E-state index contributed by atoms with van der Waals surface area (Å²) in [5.41, 5.74) is -0.136. The Labute approximate surface area is 133 Å². The Balaban J connectivity index is 1.61. The number of carbonyl (C=O) groups excluding carboxylic acids is 1. The van der Waals surface area contributed by atoms with Crippen LogP contribution < -0.4 is 0 Å². The number of sulfone groups is 1. The molecule has 0 saturated carbocycles. The van der Waals surface area contributed by atoms with Crippen LogP contribution in [0.15, 0.2) is 18.2 Å². The molecule has 1 atom stereocenters. The molecule has 3 rings (SSSR count). The van der Waals surface area contributed by atoms with Crippen molar-refractivity contribution < 1.29 is 22.0 Å². The summed E-state index contributed by atoms with van der Waals surface area (Å²) in [5, 5.41) is 0. The molecule has 0 bridgehead atoms. The molecule has 2 heterocycles. The molecule has 1 aromatic carbocycles. The highest BCUT2D eigenvalue weighted by molar-refractivity contribution is 7.91. The van der Waals surface area contributed by atoms with Crippen molar-refractivity contribution >= 4 is 15.7 Å². The molecule has 8 heteroatoms. The Morgan fingerprint density at radius 1 is 1.13 bits per heavy atom. The highest BCUT2D eigenvalue weighted by Gasteiger charge is 2.34. The van der Waals surface area contributed by atoms with Crippen LogP contribution in [-0.2, 0) is 9.84 Å². The Bertz CT molecular complexity index is 715. The third kappa shape index (κ3) is 3.53. The van der Waals surface area contributed by atoms with Gasteiger partial charge in [0.1, 0.15) is 11.6 Å². The number of amides is 1. The number of rotatable bonds is 2. The van der Waals surface area contributed by atoms with Crippen LogP contribution >= 0.6 is 0 Å². The van der Waals surface area contributed by atoms with E-state index in [4.69, 9.17) is 0 Å². The van der Waals surface area contributed by atoms with Gasteiger partial charge in [-0.1, -0.05) is 0 Å². The number of carbonyl (C=O) groups is 1. The maximum Gasteiger partial charge on any atom is 0.256 e. The van der Waals surface area contributed by atoms with Crippen LogP contribution in [0.5, 0.6) is 0 Å². The van der Waals surface area contributed by atoms with E-state index in [1.807, 2.05) is 0 Å². The predicted molar refractivity (Wildman–Crippen MR) is 80.9 cm³/mol. The van der Waals surface area contributed by atoms with E-state index in [0.717, 1.165) is 12.1 Å². The van der Waals surface area contributed by atoms with Gasteiger partial charge in [0.05, 0.1) is 17.1 Å². The van der Waals surface area contributed by atoms with Gasteiger partial charge in [0, 0.05) is 38.3 Å². The van der Waals surface area contributed by atoms with E-state index in [0.29, 0.717) is 38.7 Å². The highest BCUT2D eigenvalue weighted by Crippen LogP contribution is 2.20. The second kappa shape index (κ2) is 6.16. The summed E-state index contributed by atoms with van der Waals surface area (Å²) >= 11 is 0. The summed E-state index contributed by atoms with van der Waals surface area (Å²) in [4.78, 5) is 15.9. The van der Waals surface area contributed by atoms with Gasteiger partial charge in [-0.25, -0.2) is 17.2 Å². The van der Waals surface area contributed by atoms with Crippen molar-refractivity contribution in [2.75, 3.05) is 37.7 Å². The molecule has 0 aromatic heterocycles. The zero-order valence-electron chi connectivity index (χ0n) is 12.5. The summed E-state index contributed by atoms with van der Waals surface area (Å²) in [5.74, 6) is -1.64. The zero-order valence-corrected chi connectivity index (χ0v) is 13.4. The van der Waals surface area contributed by atoms with E-state index in [2.05, 4.69) is 4.90 Å². The number of piperazine rings is 1. The second-order valence-electron chi connectivity index (χ2n) is 6.01. The van der Waals surface area contributed by atoms with Gasteiger partial charge in [0.25, 0.3) is 5.91 Å². The molecule has 2 fully saturated rings. The van der Waals surface area contributed by atoms with Crippen LogP contribution in [0.2, 0.25) is 0 Å². The van der Waals surface area contributed by atoms with E-state index in [1.54, 1.807) is 0 Å². The lowest BCUT2D eigenvalue weighted by atomic mass is 10.1. The van der Waals surface area contributed by atoms with Gasteiger partial charge in [-0.3, -0.25) is 9.69 Å². The molecule has 126 valence electrons. The predicted octanol–water partition coefficient (Wildman–Crippen LogP) is 0.910. The van der Waals surface area contributed by atoms with Gasteiger partial charge < -0.3 is 4.90 Å². The van der Waals surface area contributed by atoms with Crippen molar-refractivity contribution in [3.63, 3.8) is 0 Å². The lowest BCUT2D eigenvalue weighted by molar-refractivity contribution is 0.0583. The van der Waals surface area contributed by atoms with Gasteiger partial charge in [-0.15, -0.1) is 0 Å². The van der Waals surface area contributed by atoms with Gasteiger partial charge in [0.2, 0.25) is 0 Å². The molecule has 0 unspecified atom stereocenters. The molecular formula is C15H18F2N2O3S. The minimum Gasteiger partial charge on any atom is -0.336 e. The lowest BCUT2D eigenvalue weighted by Crippen LogP contribution is -2.52. The maximum atomic E-state index is 13.7. The van der Waals surface area contributed by atoms with E-state index in [-0.39, 0.29) is 23.1 Å². The average molecular weight is 344 g/mol. The Hall–Kier alpha value is -1.54. The molecule has 1 aromatic rings. The fourth-order valence-electron chi connectivity index (χ4n) is 3.19. The normalized spacial score (nSPS) is 24.8. The summed E-state index contributed by atoms with van der Waals surface area (Å²) in [6, 6.07) is 2.94. The molecule has 2 saturated heterocycles. The third-order valence-corrected chi connectivity index (χ3v) is 6.24. The van der Waals surface area contributed by atoms with E-state index in [1.165, 1.54) is 4.90 Å². The summed E-state index contributed by atoms with van der Waals surface area (Å²) < 4.78 is 49.7. The van der Waals surface area contributed by atoms with Crippen LogP contribution in [0.25, 0.3) is 0 Å². The first-order chi connectivity index (χ1) is 10.9. The summed E-state index contributed by atoms with van der Waals surface area (Å²) in [6.07, 6.45) is 0.628. The molecule has 1 amide bonds. The number of benzene rings is 1. The molecule has 0 aliphatic carbocycles. The smallest absolute Gasteiger partial charge is 0.256 e. The fourth-order valence-corrected chi connectivity index (χ4v) is 4.95. The number of hydrogen-bond donors (Lipinski definition) is 0. The topological polar surface area (TPSA) is 57.7 Å². The molecule has 0 N–H and O–H groups in total. The number of nitrogens with zero attached hydrogens (tertiary/aromatic N) is 2. The van der Waals surface area contributed by atoms with Crippen molar-refractivity contribution in [3.8, 4) is 0 Å². The van der Waals surface area contributed by atoms with Crippen LogP contribution in [0.3, 0.4) is 0 Å². The SMILES string of the molecule is O=C(c1ccc(F)cc1F)N1CCN([C@@H]2CCS(=O)(=O)C2)CC1. The van der Waals surface area contributed by atoms with Gasteiger partial charge in [-0.2, -0.15) is 0 Å². The molecule has 23 heavy (non-hydrogen) atoms. The van der Waals surface area contributed by atoms with Gasteiger partial charge >= 0.3 is 0 Å². The quantitative estimate of drug-likeness (QED) is 0.800. The molecule has 0 spiro atoms. The van der Waals surface area contributed by atoms with Crippen molar-refractivity contribution in [1.82, 2.24) is 9.80 Å². The van der Waals surface area contributed by atoms with E-state index < -0.39 is 27.4 Å². The standard InChI is InChI=1S/C15H18F2N2O3S/c16-11-1-2-13(14(17)9-11)15(20)19-6-4-18(5-7-19)12-3-8-23(21,22)10-12/h1-2,9,12H,3-8,10H2/t12-/m1/s1. The first-order valence-electron chi connectivity index (χ1n) is 7.54. The van der Waals surface area contributed by atoms with Crippen molar-refractivity contribution in [3.05, 3.63) is 35.4 Å². The summed E-state index contributed by atoms with van der Waals surface area (Å²) in [6.45, 7) is 1.95. The van der Waals surface area contributed by atoms with Crippen molar-refractivity contribution in [2.24, 2.45) is 0 Å². The Morgan fingerprint density at radius 2 is 1.83 bits per heavy atom. The maximum absolute atomic E-state index is 13.7. The Morgan fingerprint density at radius 3 is 2.39 bits per heavy atom. The number of hydrogen-bond acceptors (Lipinski definition) is 4. The largest absolute Gasteiger partial charge is 0.336 e. The van der Waals surface area contributed by atoms with Crippen molar-refractivity contribution in [1.29, 1.82) is 0 Å². The van der Waals surface area contributed by atoms with Crippen LogP contribution in [0, 0.1) is 11.6 Å². The van der Waals surface area contributed by atoms with E-state index >= 15 is 0 Å². The monoisotopic (exact) mass is 344 g/mol. The lowest BCUT2D eigenvalue weighted by Gasteiger charge is -2.37. The highest BCUT2D eigenvalue weighted by atomic mass is 32.2. The van der Waals surface area contributed by atoms with Crippen LogP contribution in [0.1, 0.15) is 16.8 Å². The zero-order chi connectivity index (χ0) is 16.6. The fraction of sp³-hybridized carbons (Fsp3) is 0.533. The van der Waals surface area contributed by atoms with E-state index in [9.17, 15) is 22.0 Å². The van der Waals surface area contributed by atoms with Crippen molar-refractivity contribution in [2.45, 2.75) is 12.5 Å². The first kappa shape index (κ1) is 16.3. The van der Waals surface area contributed by atoms with Crippen LogP contribution in [0.4, 0.5) is 8.78 Å². The average Bonchev–Trinajstić information content (AvgIpc) is 2.87. The minimum atomic E-state index is -2.93. The molecular weight excluding hydrogens is 326 g/mol. The minimum absolute atomic E-state index is 0.0137. The summed E-state index contributed by atoms with van der Waals surface area (Å²) in [7, 11) is -2.93. The Kier molecular flexibility index (Phi) is 4.37. The third-order valence-electron chi connectivity index (χ3n) is 4.49. The number of halogens is 2. The molecule has 5 nitrogen and oxygen atoms in total. The second-order valence-corrected chi connectivity index (χ2v) is 8.24.